The van der Waals surface area contributed by atoms with E-state index < -0.39 is 5.60 Å². The van der Waals surface area contributed by atoms with Gasteiger partial charge in [0, 0.05) is 48.6 Å². The fourth-order valence-electron chi connectivity index (χ4n) is 3.95. The number of amides is 1. The molecule has 0 saturated carbocycles. The zero-order chi connectivity index (χ0) is 21.0. The van der Waals surface area contributed by atoms with Gasteiger partial charge in [0.15, 0.2) is 0 Å². The zero-order valence-electron chi connectivity index (χ0n) is 16.9. The number of aliphatic hydroxyl groups is 1. The zero-order valence-corrected chi connectivity index (χ0v) is 17.7. The molecule has 0 radical (unpaired) electrons. The average molecular weight is 431 g/mol. The molecule has 2 saturated heterocycles. The number of morpholine rings is 1. The molecular formula is C23H27FN2O3S. The van der Waals surface area contributed by atoms with E-state index in [2.05, 4.69) is 4.90 Å². The van der Waals surface area contributed by atoms with Gasteiger partial charge in [-0.3, -0.25) is 9.69 Å². The molecular weight excluding hydrogens is 403 g/mol. The Balaban J connectivity index is 1.29. The molecule has 2 aliphatic heterocycles. The molecule has 0 atom stereocenters. The number of carbonyl (C=O) groups excluding carboxylic acids is 1. The van der Waals surface area contributed by atoms with Crippen LogP contribution in [0, 0.1) is 5.82 Å². The Hall–Kier alpha value is -2.06. The lowest BCUT2D eigenvalue weighted by Gasteiger charge is -2.41. The second-order valence-electron chi connectivity index (χ2n) is 7.98. The summed E-state index contributed by atoms with van der Waals surface area (Å²) in [5.41, 5.74) is 0.235. The maximum absolute atomic E-state index is 13.1. The second-order valence-corrected chi connectivity index (χ2v) is 9.10. The summed E-state index contributed by atoms with van der Waals surface area (Å²) in [7, 11) is 0. The highest BCUT2D eigenvalue weighted by Crippen LogP contribution is 2.29. The lowest BCUT2D eigenvalue weighted by molar-refractivity contribution is -0.131. The van der Waals surface area contributed by atoms with Gasteiger partial charge in [0.1, 0.15) is 5.82 Å². The molecule has 1 N–H and O–H groups in total. The number of carbonyl (C=O) groups is 1. The third-order valence-electron chi connectivity index (χ3n) is 5.77. The van der Waals surface area contributed by atoms with Crippen LogP contribution in [0.4, 0.5) is 4.39 Å². The number of rotatable bonds is 5. The molecule has 1 amide bonds. The van der Waals surface area contributed by atoms with Crippen molar-refractivity contribution < 1.29 is 19.0 Å². The van der Waals surface area contributed by atoms with Crippen molar-refractivity contribution in [3.05, 3.63) is 53.2 Å². The van der Waals surface area contributed by atoms with Crippen LogP contribution in [0.3, 0.4) is 0 Å². The monoisotopic (exact) mass is 430 g/mol. The van der Waals surface area contributed by atoms with Gasteiger partial charge in [-0.05, 0) is 48.7 Å². The topological polar surface area (TPSA) is 53.0 Å². The third-order valence-corrected chi connectivity index (χ3v) is 6.87. The molecule has 4 rings (SSSR count). The number of likely N-dealkylation sites (tertiary alicyclic amines) is 1. The summed E-state index contributed by atoms with van der Waals surface area (Å²) >= 11 is 1.56. The van der Waals surface area contributed by atoms with Crippen molar-refractivity contribution in [3.8, 4) is 10.4 Å². The lowest BCUT2D eigenvalue weighted by Crippen LogP contribution is -2.53. The molecule has 0 unspecified atom stereocenters. The summed E-state index contributed by atoms with van der Waals surface area (Å²) in [5.74, 6) is -0.278. The van der Waals surface area contributed by atoms with Crippen LogP contribution in [0.15, 0.2) is 42.5 Å². The molecule has 1 aromatic heterocycles. The summed E-state index contributed by atoms with van der Waals surface area (Å²) in [6.45, 7) is 4.93. The highest BCUT2D eigenvalue weighted by Gasteiger charge is 2.35. The number of thiophene rings is 1. The Morgan fingerprint density at radius 3 is 2.50 bits per heavy atom. The number of hydrogen-bond acceptors (Lipinski definition) is 5. The minimum atomic E-state index is -0.727. The van der Waals surface area contributed by atoms with Crippen molar-refractivity contribution >= 4 is 23.3 Å². The van der Waals surface area contributed by atoms with Crippen LogP contribution in [0.1, 0.15) is 17.7 Å². The number of ether oxygens (including phenoxy) is 1. The molecule has 1 aromatic carbocycles. The van der Waals surface area contributed by atoms with Crippen LogP contribution in [0.2, 0.25) is 0 Å². The molecule has 30 heavy (non-hydrogen) atoms. The highest BCUT2D eigenvalue weighted by molar-refractivity contribution is 7.16. The van der Waals surface area contributed by atoms with Crippen molar-refractivity contribution in [2.75, 3.05) is 45.9 Å². The van der Waals surface area contributed by atoms with E-state index in [9.17, 15) is 14.3 Å². The number of hydrogen-bond donors (Lipinski definition) is 1. The average Bonchev–Trinajstić information content (AvgIpc) is 3.23. The maximum Gasteiger partial charge on any atom is 0.246 e. The molecule has 5 nitrogen and oxygen atoms in total. The standard InChI is InChI=1S/C23H27FN2O3S/c24-19-3-1-18(2-4-19)21-7-5-20(30-21)6-8-22(27)26-11-9-23(28,10-12-26)17-25-13-15-29-16-14-25/h1-8,28H,9-17H2. The first-order chi connectivity index (χ1) is 14.5. The van der Waals surface area contributed by atoms with Gasteiger partial charge in [0.05, 0.1) is 18.8 Å². The Labute approximate surface area is 180 Å². The van der Waals surface area contributed by atoms with Gasteiger partial charge in [0.2, 0.25) is 5.91 Å². The van der Waals surface area contributed by atoms with Gasteiger partial charge < -0.3 is 14.7 Å². The predicted molar refractivity (Wildman–Crippen MR) is 117 cm³/mol. The number of halogens is 1. The van der Waals surface area contributed by atoms with E-state index in [1.807, 2.05) is 18.2 Å². The summed E-state index contributed by atoms with van der Waals surface area (Å²) in [4.78, 5) is 18.6. The highest BCUT2D eigenvalue weighted by atomic mass is 32.1. The molecule has 7 heteroatoms. The van der Waals surface area contributed by atoms with Gasteiger partial charge in [-0.2, -0.15) is 0 Å². The van der Waals surface area contributed by atoms with Crippen LogP contribution < -0.4 is 0 Å². The fraction of sp³-hybridized carbons (Fsp3) is 0.435. The van der Waals surface area contributed by atoms with Crippen molar-refractivity contribution in [1.29, 1.82) is 0 Å². The van der Waals surface area contributed by atoms with E-state index in [-0.39, 0.29) is 11.7 Å². The van der Waals surface area contributed by atoms with E-state index in [0.717, 1.165) is 41.6 Å². The molecule has 2 aromatic rings. The van der Waals surface area contributed by atoms with Crippen LogP contribution in [0.25, 0.3) is 16.5 Å². The van der Waals surface area contributed by atoms with E-state index in [1.54, 1.807) is 34.4 Å². The van der Waals surface area contributed by atoms with Crippen LogP contribution in [0.5, 0.6) is 0 Å². The van der Waals surface area contributed by atoms with E-state index in [4.69, 9.17) is 4.74 Å². The molecule has 0 spiro atoms. The fourth-order valence-corrected chi connectivity index (χ4v) is 4.86. The molecule has 0 aliphatic carbocycles. The smallest absolute Gasteiger partial charge is 0.246 e. The minimum Gasteiger partial charge on any atom is -0.388 e. The minimum absolute atomic E-state index is 0.0276. The second kappa shape index (κ2) is 9.39. The van der Waals surface area contributed by atoms with Gasteiger partial charge in [-0.25, -0.2) is 4.39 Å². The Bertz CT molecular complexity index is 882. The lowest BCUT2D eigenvalue weighted by atomic mass is 9.90. The first kappa shape index (κ1) is 21.2. The quantitative estimate of drug-likeness (QED) is 0.740. The number of piperidine rings is 1. The summed E-state index contributed by atoms with van der Waals surface area (Å²) < 4.78 is 18.5. The van der Waals surface area contributed by atoms with E-state index >= 15 is 0 Å². The van der Waals surface area contributed by atoms with Gasteiger partial charge in [0.25, 0.3) is 0 Å². The van der Waals surface area contributed by atoms with Crippen molar-refractivity contribution in [2.45, 2.75) is 18.4 Å². The van der Waals surface area contributed by atoms with Crippen LogP contribution >= 0.6 is 11.3 Å². The molecule has 2 fully saturated rings. The van der Waals surface area contributed by atoms with Crippen molar-refractivity contribution in [2.24, 2.45) is 0 Å². The number of benzene rings is 1. The third kappa shape index (κ3) is 5.35. The van der Waals surface area contributed by atoms with Gasteiger partial charge >= 0.3 is 0 Å². The summed E-state index contributed by atoms with van der Waals surface area (Å²) in [6.07, 6.45) is 4.62. The number of nitrogens with zero attached hydrogens (tertiary/aromatic N) is 2. The molecule has 3 heterocycles. The van der Waals surface area contributed by atoms with Crippen LogP contribution in [-0.4, -0.2) is 72.4 Å². The normalized spacial score (nSPS) is 20.0. The van der Waals surface area contributed by atoms with E-state index in [0.29, 0.717) is 32.5 Å². The van der Waals surface area contributed by atoms with Gasteiger partial charge in [-0.1, -0.05) is 12.1 Å². The van der Waals surface area contributed by atoms with E-state index in [1.165, 1.54) is 12.1 Å². The Morgan fingerprint density at radius 2 is 1.80 bits per heavy atom. The van der Waals surface area contributed by atoms with Gasteiger partial charge in [-0.15, -0.1) is 11.3 Å². The van der Waals surface area contributed by atoms with Crippen molar-refractivity contribution in [3.63, 3.8) is 0 Å². The largest absolute Gasteiger partial charge is 0.388 e. The SMILES string of the molecule is O=C(C=Cc1ccc(-c2ccc(F)cc2)s1)N1CCC(O)(CN2CCOCC2)CC1. The maximum atomic E-state index is 13.1. The van der Waals surface area contributed by atoms with Crippen LogP contribution in [-0.2, 0) is 9.53 Å². The molecule has 160 valence electrons. The summed E-state index contributed by atoms with van der Waals surface area (Å²) in [5, 5.41) is 10.9. The first-order valence-electron chi connectivity index (χ1n) is 10.4. The van der Waals surface area contributed by atoms with Crippen molar-refractivity contribution in [1.82, 2.24) is 9.80 Å². The predicted octanol–water partition coefficient (Wildman–Crippen LogP) is 3.25. The Kier molecular flexibility index (Phi) is 6.63. The Morgan fingerprint density at radius 1 is 1.10 bits per heavy atom. The molecule has 2 aliphatic rings. The summed E-state index contributed by atoms with van der Waals surface area (Å²) in [6, 6.07) is 10.4. The first-order valence-corrected chi connectivity index (χ1v) is 11.2. The number of β-amino-alcohol motifs (C(OH)–C–C–N with tert-alkyl or cyclic N) is 1. The molecule has 0 bridgehead atoms.